The molecule has 142 valence electrons. The minimum atomic E-state index is 0.0400. The van der Waals surface area contributed by atoms with Gasteiger partial charge in [0.25, 0.3) is 0 Å². The summed E-state index contributed by atoms with van der Waals surface area (Å²) < 4.78 is 5.30. The number of aromatic nitrogens is 1. The largest absolute Gasteiger partial charge is 0.497 e. The summed E-state index contributed by atoms with van der Waals surface area (Å²) in [6, 6.07) is 18.0. The molecule has 1 fully saturated rings. The standard InChI is InChI=1S/C23H23N3O2/c1-28-21-9-3-8-20(17-21)25-13-15-26(16-14-25)22(27)11-10-19-6-2-5-18-7-4-12-24-23(18)19/h2-12,17H,13-16H2,1H3/b11-10+. The fraction of sp³-hybridized carbons (Fsp3) is 0.217. The Kier molecular flexibility index (Phi) is 5.24. The number of ether oxygens (including phenoxy) is 1. The lowest BCUT2D eigenvalue weighted by Gasteiger charge is -2.35. The Labute approximate surface area is 164 Å². The molecule has 5 heteroatoms. The summed E-state index contributed by atoms with van der Waals surface area (Å²) in [6.45, 7) is 3.02. The minimum absolute atomic E-state index is 0.0400. The number of para-hydroxylation sites is 1. The Bertz CT molecular complexity index is 1000. The zero-order valence-electron chi connectivity index (χ0n) is 15.9. The van der Waals surface area contributed by atoms with Crippen LogP contribution in [0.15, 0.2) is 66.9 Å². The number of anilines is 1. The average Bonchev–Trinajstić information content (AvgIpc) is 2.77. The lowest BCUT2D eigenvalue weighted by Crippen LogP contribution is -2.48. The quantitative estimate of drug-likeness (QED) is 0.656. The predicted molar refractivity (Wildman–Crippen MR) is 113 cm³/mol. The number of hydrogen-bond acceptors (Lipinski definition) is 4. The van der Waals surface area contributed by atoms with E-state index in [0.717, 1.165) is 41.0 Å². The van der Waals surface area contributed by atoms with Crippen molar-refractivity contribution in [3.8, 4) is 5.75 Å². The first-order valence-corrected chi connectivity index (χ1v) is 9.44. The summed E-state index contributed by atoms with van der Waals surface area (Å²) in [5.74, 6) is 0.890. The second-order valence-electron chi connectivity index (χ2n) is 6.77. The Morgan fingerprint density at radius 2 is 1.82 bits per heavy atom. The molecule has 0 saturated carbocycles. The number of carbonyl (C=O) groups excluding carboxylic acids is 1. The molecule has 1 aliphatic rings. The first kappa shape index (κ1) is 18.0. The van der Waals surface area contributed by atoms with Crippen molar-refractivity contribution in [2.24, 2.45) is 0 Å². The van der Waals surface area contributed by atoms with Gasteiger partial charge in [-0.1, -0.05) is 30.3 Å². The maximum absolute atomic E-state index is 12.6. The van der Waals surface area contributed by atoms with Crippen LogP contribution in [-0.2, 0) is 4.79 Å². The van der Waals surface area contributed by atoms with Gasteiger partial charge in [0.1, 0.15) is 5.75 Å². The van der Waals surface area contributed by atoms with Gasteiger partial charge in [-0.05, 0) is 24.3 Å². The summed E-state index contributed by atoms with van der Waals surface area (Å²) in [5.41, 5.74) is 3.00. The first-order valence-electron chi connectivity index (χ1n) is 9.44. The number of pyridine rings is 1. The normalized spacial score (nSPS) is 14.6. The number of rotatable bonds is 4. The van der Waals surface area contributed by atoms with Crippen molar-refractivity contribution in [3.05, 3.63) is 72.4 Å². The van der Waals surface area contributed by atoms with Gasteiger partial charge in [0.2, 0.25) is 5.91 Å². The number of carbonyl (C=O) groups is 1. The van der Waals surface area contributed by atoms with Crippen molar-refractivity contribution in [2.75, 3.05) is 38.2 Å². The second-order valence-corrected chi connectivity index (χ2v) is 6.77. The van der Waals surface area contributed by atoms with Crippen molar-refractivity contribution in [3.63, 3.8) is 0 Å². The van der Waals surface area contributed by atoms with Crippen LogP contribution >= 0.6 is 0 Å². The van der Waals surface area contributed by atoms with Crippen molar-refractivity contribution >= 4 is 28.6 Å². The highest BCUT2D eigenvalue weighted by Gasteiger charge is 2.20. The van der Waals surface area contributed by atoms with Crippen molar-refractivity contribution < 1.29 is 9.53 Å². The molecule has 0 aliphatic carbocycles. The van der Waals surface area contributed by atoms with E-state index in [0.29, 0.717) is 13.1 Å². The van der Waals surface area contributed by atoms with E-state index in [1.54, 1.807) is 19.4 Å². The third-order valence-corrected chi connectivity index (χ3v) is 5.08. The van der Waals surface area contributed by atoms with Gasteiger partial charge < -0.3 is 14.5 Å². The van der Waals surface area contributed by atoms with E-state index in [1.165, 1.54) is 0 Å². The zero-order chi connectivity index (χ0) is 19.3. The Hall–Kier alpha value is -3.34. The summed E-state index contributed by atoms with van der Waals surface area (Å²) >= 11 is 0. The Morgan fingerprint density at radius 1 is 1.04 bits per heavy atom. The van der Waals surface area contributed by atoms with Crippen LogP contribution in [0, 0.1) is 0 Å². The molecule has 0 N–H and O–H groups in total. The minimum Gasteiger partial charge on any atom is -0.497 e. The molecule has 2 heterocycles. The molecule has 0 radical (unpaired) electrons. The molecule has 5 nitrogen and oxygen atoms in total. The van der Waals surface area contributed by atoms with E-state index >= 15 is 0 Å². The van der Waals surface area contributed by atoms with Crippen molar-refractivity contribution in [2.45, 2.75) is 0 Å². The van der Waals surface area contributed by atoms with Crippen LogP contribution in [-0.4, -0.2) is 49.1 Å². The van der Waals surface area contributed by atoms with E-state index in [9.17, 15) is 4.79 Å². The Balaban J connectivity index is 1.40. The molecule has 3 aromatic rings. The fourth-order valence-electron chi connectivity index (χ4n) is 3.52. The highest BCUT2D eigenvalue weighted by atomic mass is 16.5. The van der Waals surface area contributed by atoms with E-state index in [-0.39, 0.29) is 5.91 Å². The van der Waals surface area contributed by atoms with E-state index < -0.39 is 0 Å². The molecule has 1 saturated heterocycles. The maximum atomic E-state index is 12.6. The number of fused-ring (bicyclic) bond motifs is 1. The van der Waals surface area contributed by atoms with Gasteiger partial charge in [0, 0.05) is 61.2 Å². The molecule has 1 amide bonds. The number of piperazine rings is 1. The van der Waals surface area contributed by atoms with Crippen LogP contribution in [0.3, 0.4) is 0 Å². The van der Waals surface area contributed by atoms with Crippen LogP contribution in [0.25, 0.3) is 17.0 Å². The van der Waals surface area contributed by atoms with Crippen molar-refractivity contribution in [1.29, 1.82) is 0 Å². The van der Waals surface area contributed by atoms with Crippen LogP contribution in [0.4, 0.5) is 5.69 Å². The smallest absolute Gasteiger partial charge is 0.246 e. The SMILES string of the molecule is COc1cccc(N2CCN(C(=O)/C=C/c3cccc4cccnc34)CC2)c1. The molecule has 4 rings (SSSR count). The zero-order valence-corrected chi connectivity index (χ0v) is 15.9. The maximum Gasteiger partial charge on any atom is 0.246 e. The molecule has 0 spiro atoms. The number of benzene rings is 2. The first-order chi connectivity index (χ1) is 13.7. The van der Waals surface area contributed by atoms with Gasteiger partial charge in [-0.25, -0.2) is 0 Å². The molecular weight excluding hydrogens is 350 g/mol. The van der Waals surface area contributed by atoms with E-state index in [4.69, 9.17) is 4.74 Å². The summed E-state index contributed by atoms with van der Waals surface area (Å²) in [5, 5.41) is 1.07. The molecular formula is C23H23N3O2. The topological polar surface area (TPSA) is 45.7 Å². The monoisotopic (exact) mass is 373 g/mol. The number of amides is 1. The molecule has 0 unspecified atom stereocenters. The molecule has 1 aromatic heterocycles. The van der Waals surface area contributed by atoms with Crippen molar-refractivity contribution in [1.82, 2.24) is 9.88 Å². The lowest BCUT2D eigenvalue weighted by molar-refractivity contribution is -0.126. The lowest BCUT2D eigenvalue weighted by atomic mass is 10.1. The predicted octanol–water partition coefficient (Wildman–Crippen LogP) is 3.61. The highest BCUT2D eigenvalue weighted by molar-refractivity contribution is 5.95. The summed E-state index contributed by atoms with van der Waals surface area (Å²) in [6.07, 6.45) is 5.30. The van der Waals surface area contributed by atoms with Crippen LogP contribution in [0.1, 0.15) is 5.56 Å². The fourth-order valence-corrected chi connectivity index (χ4v) is 3.52. The van der Waals surface area contributed by atoms with Gasteiger partial charge in [-0.2, -0.15) is 0 Å². The number of hydrogen-bond donors (Lipinski definition) is 0. The van der Waals surface area contributed by atoms with Gasteiger partial charge in [0.05, 0.1) is 12.6 Å². The third kappa shape index (κ3) is 3.83. The van der Waals surface area contributed by atoms with Gasteiger partial charge in [-0.15, -0.1) is 0 Å². The summed E-state index contributed by atoms with van der Waals surface area (Å²) in [7, 11) is 1.67. The molecule has 2 aromatic carbocycles. The molecule has 0 bridgehead atoms. The van der Waals surface area contributed by atoms with Gasteiger partial charge in [0.15, 0.2) is 0 Å². The van der Waals surface area contributed by atoms with Crippen LogP contribution in [0.2, 0.25) is 0 Å². The van der Waals surface area contributed by atoms with E-state index in [2.05, 4.69) is 16.0 Å². The van der Waals surface area contributed by atoms with Gasteiger partial charge in [-0.3, -0.25) is 9.78 Å². The van der Waals surface area contributed by atoms with Crippen LogP contribution in [0.5, 0.6) is 5.75 Å². The van der Waals surface area contributed by atoms with E-state index in [1.807, 2.05) is 59.5 Å². The second kappa shape index (κ2) is 8.13. The Morgan fingerprint density at radius 3 is 2.64 bits per heavy atom. The third-order valence-electron chi connectivity index (χ3n) is 5.08. The molecule has 1 aliphatic heterocycles. The summed E-state index contributed by atoms with van der Waals surface area (Å²) in [4.78, 5) is 21.2. The number of methoxy groups -OCH3 is 1. The highest BCUT2D eigenvalue weighted by Crippen LogP contribution is 2.22. The average molecular weight is 373 g/mol. The molecule has 0 atom stereocenters. The van der Waals surface area contributed by atoms with Crippen LogP contribution < -0.4 is 9.64 Å². The van der Waals surface area contributed by atoms with Gasteiger partial charge >= 0.3 is 0 Å². The molecule has 28 heavy (non-hydrogen) atoms. The number of nitrogens with zero attached hydrogens (tertiary/aromatic N) is 3.